The minimum Gasteiger partial charge on any atom is -0.477 e. The fourth-order valence-corrected chi connectivity index (χ4v) is 2.97. The number of carbonyl (C=O) groups is 2. The average molecular weight is 360 g/mol. The number of benzene rings is 2. The van der Waals surface area contributed by atoms with E-state index in [0.29, 0.717) is 11.1 Å². The van der Waals surface area contributed by atoms with E-state index in [1.165, 1.54) is 17.1 Å². The summed E-state index contributed by atoms with van der Waals surface area (Å²) in [4.78, 5) is 20.4. The average Bonchev–Trinajstić information content (AvgIpc) is 2.99. The number of aldehydes is 1. The van der Waals surface area contributed by atoms with Gasteiger partial charge in [0.1, 0.15) is 18.0 Å². The number of rotatable bonds is 3. The Morgan fingerprint density at radius 3 is 2.19 bits per heavy atom. The molecule has 136 valence electrons. The van der Waals surface area contributed by atoms with Gasteiger partial charge in [0, 0.05) is 18.8 Å². The molecule has 0 fully saturated rings. The van der Waals surface area contributed by atoms with Crippen LogP contribution in [0.25, 0.3) is 22.3 Å². The molecule has 5 heteroatoms. The number of hydrogen-bond acceptors (Lipinski definition) is 3. The van der Waals surface area contributed by atoms with E-state index in [0.717, 1.165) is 23.0 Å². The third-order valence-electron chi connectivity index (χ3n) is 4.13. The first-order chi connectivity index (χ1) is 12.9. The zero-order valence-corrected chi connectivity index (χ0v) is 15.4. The first-order valence-corrected chi connectivity index (χ1v) is 8.33. The van der Waals surface area contributed by atoms with Gasteiger partial charge in [-0.05, 0) is 36.1 Å². The van der Waals surface area contributed by atoms with Crippen molar-refractivity contribution in [3.05, 3.63) is 71.5 Å². The molecule has 0 spiro atoms. The molecule has 1 aromatic heterocycles. The normalized spacial score (nSPS) is 9.70. The van der Waals surface area contributed by atoms with Gasteiger partial charge in [-0.15, -0.1) is 0 Å². The molecule has 3 aromatic rings. The summed E-state index contributed by atoms with van der Waals surface area (Å²) in [5, 5.41) is 18.8. The second-order valence-electron chi connectivity index (χ2n) is 5.92. The van der Waals surface area contributed by atoms with Crippen LogP contribution in [0.5, 0.6) is 0 Å². The first-order valence-electron chi connectivity index (χ1n) is 8.33. The molecule has 3 rings (SSSR count). The monoisotopic (exact) mass is 360 g/mol. The van der Waals surface area contributed by atoms with Gasteiger partial charge in [-0.25, -0.2) is 4.79 Å². The van der Waals surface area contributed by atoms with E-state index in [1.807, 2.05) is 36.4 Å². The molecule has 0 saturated heterocycles. The van der Waals surface area contributed by atoms with Gasteiger partial charge >= 0.3 is 5.97 Å². The zero-order valence-electron chi connectivity index (χ0n) is 15.4. The fourth-order valence-electron chi connectivity index (χ4n) is 2.97. The molecule has 0 amide bonds. The molecule has 0 aliphatic heterocycles. The predicted molar refractivity (Wildman–Crippen MR) is 104 cm³/mol. The molecule has 0 atom stereocenters. The van der Waals surface area contributed by atoms with Crippen LogP contribution in [0.3, 0.4) is 0 Å². The lowest BCUT2D eigenvalue weighted by atomic mass is 9.96. The maximum absolute atomic E-state index is 11.5. The van der Waals surface area contributed by atoms with Crippen molar-refractivity contribution >= 4 is 12.3 Å². The number of carboxylic acids is 1. The van der Waals surface area contributed by atoms with Crippen LogP contribution in [0.1, 0.15) is 28.5 Å². The largest absolute Gasteiger partial charge is 0.477 e. The summed E-state index contributed by atoms with van der Waals surface area (Å²) in [5.74, 6) is -1.04. The van der Waals surface area contributed by atoms with Gasteiger partial charge in [-0.1, -0.05) is 48.5 Å². The first kappa shape index (κ1) is 19.7. The second kappa shape index (κ2) is 8.63. The van der Waals surface area contributed by atoms with Crippen LogP contribution in [0.2, 0.25) is 0 Å². The molecule has 0 aliphatic carbocycles. The third-order valence-corrected chi connectivity index (χ3v) is 4.13. The summed E-state index contributed by atoms with van der Waals surface area (Å²) in [6, 6.07) is 17.8. The van der Waals surface area contributed by atoms with Gasteiger partial charge in [0.2, 0.25) is 0 Å². The summed E-state index contributed by atoms with van der Waals surface area (Å²) in [7, 11) is 1.63. The van der Waals surface area contributed by atoms with Crippen molar-refractivity contribution in [2.75, 3.05) is 0 Å². The Balaban J connectivity index is 0.000000817. The van der Waals surface area contributed by atoms with Crippen molar-refractivity contribution in [3.8, 4) is 28.3 Å². The Morgan fingerprint density at radius 1 is 1.11 bits per heavy atom. The van der Waals surface area contributed by atoms with E-state index in [9.17, 15) is 15.2 Å². The predicted octanol–water partition coefficient (Wildman–Crippen LogP) is 4.44. The molecule has 0 saturated carbocycles. The van der Waals surface area contributed by atoms with Gasteiger partial charge in [0.15, 0.2) is 0 Å². The Labute approximate surface area is 158 Å². The highest BCUT2D eigenvalue weighted by Crippen LogP contribution is 2.31. The molecule has 27 heavy (non-hydrogen) atoms. The molecular formula is C22H20N2O3. The summed E-state index contributed by atoms with van der Waals surface area (Å²) in [6.07, 6.45) is 2.30. The number of nitriles is 1. The number of aryl methyl sites for hydroxylation is 2. The zero-order chi connectivity index (χ0) is 20.0. The highest BCUT2D eigenvalue weighted by Gasteiger charge is 2.21. The number of carboxylic acid groups (broad SMARTS) is 1. The number of carbonyl (C=O) groups excluding carboxylic acids is 1. The maximum Gasteiger partial charge on any atom is 0.353 e. The van der Waals surface area contributed by atoms with Crippen LogP contribution >= 0.6 is 0 Å². The van der Waals surface area contributed by atoms with Crippen LogP contribution in [0.15, 0.2) is 54.7 Å². The van der Waals surface area contributed by atoms with Gasteiger partial charge in [-0.2, -0.15) is 5.26 Å². The van der Waals surface area contributed by atoms with Crippen molar-refractivity contribution in [3.63, 3.8) is 0 Å². The lowest BCUT2D eigenvalue weighted by Gasteiger charge is -2.08. The van der Waals surface area contributed by atoms with Gasteiger partial charge < -0.3 is 14.5 Å². The molecule has 0 bridgehead atoms. The molecular weight excluding hydrogens is 340 g/mol. The Kier molecular flexibility index (Phi) is 6.29. The minimum atomic E-state index is -1.04. The fraction of sp³-hybridized carbons (Fsp3) is 0.136. The van der Waals surface area contributed by atoms with E-state index in [4.69, 9.17) is 4.79 Å². The Hall–Kier alpha value is -3.65. The van der Waals surface area contributed by atoms with E-state index in [-0.39, 0.29) is 5.69 Å². The van der Waals surface area contributed by atoms with Crippen molar-refractivity contribution in [2.45, 2.75) is 13.8 Å². The number of aromatic nitrogens is 1. The van der Waals surface area contributed by atoms with Crippen molar-refractivity contribution in [2.24, 2.45) is 7.05 Å². The smallest absolute Gasteiger partial charge is 0.353 e. The van der Waals surface area contributed by atoms with E-state index in [1.54, 1.807) is 13.2 Å². The van der Waals surface area contributed by atoms with Crippen LogP contribution in [0, 0.1) is 18.3 Å². The highest BCUT2D eigenvalue weighted by molar-refractivity contribution is 5.96. The molecule has 0 aliphatic rings. The van der Waals surface area contributed by atoms with Crippen LogP contribution in [-0.2, 0) is 11.8 Å². The van der Waals surface area contributed by atoms with E-state index >= 15 is 0 Å². The molecule has 2 aromatic carbocycles. The van der Waals surface area contributed by atoms with E-state index < -0.39 is 5.97 Å². The van der Waals surface area contributed by atoms with E-state index in [2.05, 4.69) is 25.1 Å². The quantitative estimate of drug-likeness (QED) is 0.700. The van der Waals surface area contributed by atoms with Gasteiger partial charge in [0.05, 0.1) is 5.56 Å². The van der Waals surface area contributed by atoms with Crippen LogP contribution in [0.4, 0.5) is 0 Å². The lowest BCUT2D eigenvalue weighted by molar-refractivity contribution is -0.106. The molecule has 5 nitrogen and oxygen atoms in total. The topological polar surface area (TPSA) is 83.1 Å². The van der Waals surface area contributed by atoms with Crippen molar-refractivity contribution in [1.29, 1.82) is 5.26 Å². The highest BCUT2D eigenvalue weighted by atomic mass is 16.4. The Bertz CT molecular complexity index is 1010. The van der Waals surface area contributed by atoms with Crippen LogP contribution < -0.4 is 0 Å². The molecule has 1 heterocycles. The minimum absolute atomic E-state index is 0.121. The van der Waals surface area contributed by atoms with Gasteiger partial charge in [-0.3, -0.25) is 0 Å². The second-order valence-corrected chi connectivity index (χ2v) is 5.92. The Morgan fingerprint density at radius 2 is 1.67 bits per heavy atom. The molecule has 0 unspecified atom stereocenters. The van der Waals surface area contributed by atoms with Crippen molar-refractivity contribution < 1.29 is 14.7 Å². The molecule has 1 N–H and O–H groups in total. The molecule has 0 radical (unpaired) electrons. The number of hydrogen-bond donors (Lipinski definition) is 1. The third kappa shape index (κ3) is 4.13. The summed E-state index contributed by atoms with van der Waals surface area (Å²) < 4.78 is 1.48. The SMILES string of the molecule is CC=O.Cc1ccccc1-c1ccc(-c2c(C#N)cn(C)c2C(=O)O)cc1. The summed E-state index contributed by atoms with van der Waals surface area (Å²) in [5.41, 5.74) is 5.03. The van der Waals surface area contributed by atoms with Crippen molar-refractivity contribution in [1.82, 2.24) is 4.57 Å². The summed E-state index contributed by atoms with van der Waals surface area (Å²) in [6.45, 7) is 3.50. The van der Waals surface area contributed by atoms with Gasteiger partial charge in [0.25, 0.3) is 0 Å². The van der Waals surface area contributed by atoms with Crippen LogP contribution in [-0.4, -0.2) is 21.9 Å². The summed E-state index contributed by atoms with van der Waals surface area (Å²) >= 11 is 0. The standard InChI is InChI=1S/C20H16N2O2.C2H4O/c1-13-5-3-4-6-17(13)14-7-9-15(10-8-14)18-16(11-21)12-22(2)19(18)20(23)24;1-2-3/h3-10,12H,1-2H3,(H,23,24);2H,1H3. The number of nitrogens with zero attached hydrogens (tertiary/aromatic N) is 2. The maximum atomic E-state index is 11.5. The number of aromatic carboxylic acids is 1. The lowest BCUT2D eigenvalue weighted by Crippen LogP contribution is -2.05.